The molecule has 1 aliphatic carbocycles. The van der Waals surface area contributed by atoms with Crippen LogP contribution in [-0.4, -0.2) is 27.9 Å². The fourth-order valence-electron chi connectivity index (χ4n) is 5.24. The second-order valence-corrected chi connectivity index (χ2v) is 10.6. The molecule has 2 aromatic carbocycles. The number of aromatic nitrogens is 1. The minimum atomic E-state index is -0.621. The summed E-state index contributed by atoms with van der Waals surface area (Å²) in [7, 11) is 0. The molecule has 1 aromatic heterocycles. The molecule has 0 saturated carbocycles. The predicted molar refractivity (Wildman–Crippen MR) is 139 cm³/mol. The van der Waals surface area contributed by atoms with Crippen LogP contribution in [0.4, 0.5) is 0 Å². The number of nitrogens with one attached hydrogen (secondary N) is 3. The monoisotopic (exact) mass is 475 g/mol. The molecule has 6 nitrogen and oxygen atoms in total. The fraction of sp³-hybridized carbons (Fsp3) is 0.448. The lowest BCUT2D eigenvalue weighted by molar-refractivity contribution is -0.123. The molecule has 35 heavy (non-hydrogen) atoms. The van der Waals surface area contributed by atoms with E-state index in [1.54, 1.807) is 0 Å². The Bertz CT molecular complexity index is 1230. The van der Waals surface area contributed by atoms with Gasteiger partial charge in [-0.3, -0.25) is 9.59 Å². The molecule has 6 heteroatoms. The Labute approximate surface area is 207 Å². The van der Waals surface area contributed by atoms with E-state index in [9.17, 15) is 14.7 Å². The van der Waals surface area contributed by atoms with E-state index in [0.29, 0.717) is 25.1 Å². The number of hydrogen-bond donors (Lipinski definition) is 4. The summed E-state index contributed by atoms with van der Waals surface area (Å²) >= 11 is 0. The molecule has 1 heterocycles. The van der Waals surface area contributed by atoms with Gasteiger partial charge in [-0.05, 0) is 59.6 Å². The lowest BCUT2D eigenvalue weighted by Crippen LogP contribution is -2.46. The minimum absolute atomic E-state index is 0.0379. The maximum Gasteiger partial charge on any atom is 0.268 e. The van der Waals surface area contributed by atoms with Crippen LogP contribution in [0.5, 0.6) is 0 Å². The highest BCUT2D eigenvalue weighted by Gasteiger charge is 2.35. The van der Waals surface area contributed by atoms with Crippen LogP contribution in [0.25, 0.3) is 10.8 Å². The van der Waals surface area contributed by atoms with Gasteiger partial charge in [0.2, 0.25) is 5.91 Å². The van der Waals surface area contributed by atoms with Crippen LogP contribution >= 0.6 is 0 Å². The van der Waals surface area contributed by atoms with Crippen LogP contribution in [0.2, 0.25) is 0 Å². The Balaban J connectivity index is 1.46. The average Bonchev–Trinajstić information content (AvgIpc) is 3.15. The number of carbonyl (C=O) groups is 2. The van der Waals surface area contributed by atoms with Crippen molar-refractivity contribution >= 4 is 22.6 Å². The van der Waals surface area contributed by atoms with Crippen LogP contribution in [0.1, 0.15) is 85.4 Å². The van der Waals surface area contributed by atoms with E-state index in [2.05, 4.69) is 60.7 Å². The number of carbonyl (C=O) groups excluding carboxylic acids is 2. The molecule has 0 fully saturated rings. The van der Waals surface area contributed by atoms with Gasteiger partial charge in [-0.15, -0.1) is 0 Å². The minimum Gasteiger partial charge on any atom is -0.388 e. The number of H-pyrrole nitrogens is 1. The second kappa shape index (κ2) is 10.2. The standard InChI is InChI=1S/C29H37N3O3/c1-5-6-11-22(27(34)30-17-19-12-13-20-9-7-8-10-21(20)14-19)32-28(35)26-18(2)25-23(31-26)15-29(3,4)16-24(25)33/h7-10,12-14,22,24,31,33H,5-6,11,15-17H2,1-4H3,(H,30,34)(H,32,35). The van der Waals surface area contributed by atoms with Crippen molar-refractivity contribution in [1.82, 2.24) is 15.6 Å². The average molecular weight is 476 g/mol. The predicted octanol–water partition coefficient (Wildman–Crippen LogP) is 5.09. The molecule has 4 N–H and O–H groups in total. The Hall–Kier alpha value is -3.12. The lowest BCUT2D eigenvalue weighted by Gasteiger charge is -2.33. The number of amides is 2. The molecule has 1 aliphatic rings. The number of benzene rings is 2. The topological polar surface area (TPSA) is 94.2 Å². The Morgan fingerprint density at radius 3 is 2.66 bits per heavy atom. The number of unbranched alkanes of at least 4 members (excludes halogenated alkanes) is 1. The Morgan fingerprint density at radius 2 is 1.91 bits per heavy atom. The number of fused-ring (bicyclic) bond motifs is 2. The summed E-state index contributed by atoms with van der Waals surface area (Å²) in [6.45, 7) is 8.58. The van der Waals surface area contributed by atoms with Gasteiger partial charge in [0.15, 0.2) is 0 Å². The molecule has 0 spiro atoms. The molecular formula is C29H37N3O3. The van der Waals surface area contributed by atoms with Crippen LogP contribution in [0.15, 0.2) is 42.5 Å². The third-order valence-electron chi connectivity index (χ3n) is 7.09. The van der Waals surface area contributed by atoms with E-state index in [-0.39, 0.29) is 17.2 Å². The van der Waals surface area contributed by atoms with E-state index < -0.39 is 12.1 Å². The second-order valence-electron chi connectivity index (χ2n) is 10.6. The highest BCUT2D eigenvalue weighted by molar-refractivity contribution is 5.97. The first-order valence-corrected chi connectivity index (χ1v) is 12.6. The molecule has 0 bridgehead atoms. The summed E-state index contributed by atoms with van der Waals surface area (Å²) < 4.78 is 0. The summed E-state index contributed by atoms with van der Waals surface area (Å²) in [6, 6.07) is 13.7. The van der Waals surface area contributed by atoms with Crippen LogP contribution in [0, 0.1) is 12.3 Å². The quantitative estimate of drug-likeness (QED) is 0.366. The molecule has 186 valence electrons. The Morgan fingerprint density at radius 1 is 1.17 bits per heavy atom. The van der Waals surface area contributed by atoms with E-state index in [4.69, 9.17) is 0 Å². The van der Waals surface area contributed by atoms with E-state index >= 15 is 0 Å². The van der Waals surface area contributed by atoms with Gasteiger partial charge in [-0.25, -0.2) is 0 Å². The van der Waals surface area contributed by atoms with Crippen molar-refractivity contribution in [1.29, 1.82) is 0 Å². The maximum atomic E-state index is 13.2. The van der Waals surface area contributed by atoms with Crippen LogP contribution < -0.4 is 10.6 Å². The van der Waals surface area contributed by atoms with Gasteiger partial charge in [0.1, 0.15) is 11.7 Å². The van der Waals surface area contributed by atoms with Gasteiger partial charge in [-0.2, -0.15) is 0 Å². The van der Waals surface area contributed by atoms with Crippen molar-refractivity contribution in [2.24, 2.45) is 5.41 Å². The van der Waals surface area contributed by atoms with Gasteiger partial charge >= 0.3 is 0 Å². The normalized spacial score (nSPS) is 17.6. The Kier molecular flexibility index (Phi) is 7.31. The van der Waals surface area contributed by atoms with Crippen molar-refractivity contribution in [3.63, 3.8) is 0 Å². The molecule has 2 unspecified atom stereocenters. The van der Waals surface area contributed by atoms with Gasteiger partial charge in [-0.1, -0.05) is 70.0 Å². The highest BCUT2D eigenvalue weighted by Crippen LogP contribution is 2.42. The fourth-order valence-corrected chi connectivity index (χ4v) is 5.24. The van der Waals surface area contributed by atoms with Crippen LogP contribution in [-0.2, 0) is 17.8 Å². The molecule has 3 aromatic rings. The first-order chi connectivity index (χ1) is 16.7. The van der Waals surface area contributed by atoms with Gasteiger partial charge < -0.3 is 20.7 Å². The van der Waals surface area contributed by atoms with Crippen molar-refractivity contribution in [2.45, 2.75) is 78.5 Å². The maximum absolute atomic E-state index is 13.2. The summed E-state index contributed by atoms with van der Waals surface area (Å²) in [6.07, 6.45) is 3.19. The van der Waals surface area contributed by atoms with E-state index in [1.807, 2.05) is 25.1 Å². The smallest absolute Gasteiger partial charge is 0.268 e. The number of rotatable bonds is 8. The molecule has 0 radical (unpaired) electrons. The first-order valence-electron chi connectivity index (χ1n) is 12.6. The highest BCUT2D eigenvalue weighted by atomic mass is 16.3. The number of aromatic amines is 1. The first kappa shape index (κ1) is 25.0. The third kappa shape index (κ3) is 5.59. The summed E-state index contributed by atoms with van der Waals surface area (Å²) in [4.78, 5) is 29.6. The molecule has 2 amide bonds. The van der Waals surface area contributed by atoms with Crippen molar-refractivity contribution in [3.05, 3.63) is 70.5 Å². The zero-order valence-electron chi connectivity index (χ0n) is 21.2. The van der Waals surface area contributed by atoms with Gasteiger partial charge in [0, 0.05) is 17.8 Å². The van der Waals surface area contributed by atoms with Gasteiger partial charge in [0.05, 0.1) is 6.10 Å². The lowest BCUT2D eigenvalue weighted by atomic mass is 9.75. The van der Waals surface area contributed by atoms with Crippen molar-refractivity contribution in [3.8, 4) is 0 Å². The van der Waals surface area contributed by atoms with Crippen LogP contribution in [0.3, 0.4) is 0 Å². The summed E-state index contributed by atoms with van der Waals surface area (Å²) in [5.41, 5.74) is 3.94. The summed E-state index contributed by atoms with van der Waals surface area (Å²) in [5.74, 6) is -0.487. The number of aliphatic hydroxyl groups excluding tert-OH is 1. The summed E-state index contributed by atoms with van der Waals surface area (Å²) in [5, 5.41) is 18.9. The third-order valence-corrected chi connectivity index (χ3v) is 7.09. The zero-order chi connectivity index (χ0) is 25.2. The van der Waals surface area contributed by atoms with Crippen molar-refractivity contribution < 1.29 is 14.7 Å². The number of aliphatic hydroxyl groups is 1. The molecule has 0 aliphatic heterocycles. The van der Waals surface area contributed by atoms with Gasteiger partial charge in [0.25, 0.3) is 5.91 Å². The SMILES string of the molecule is CCCCC(NC(=O)c1[nH]c2c(c1C)C(O)CC(C)(C)C2)C(=O)NCc1ccc2ccccc2c1. The number of hydrogen-bond acceptors (Lipinski definition) is 3. The largest absolute Gasteiger partial charge is 0.388 e. The molecule has 2 atom stereocenters. The molecule has 4 rings (SSSR count). The zero-order valence-corrected chi connectivity index (χ0v) is 21.2. The van der Waals surface area contributed by atoms with Crippen molar-refractivity contribution in [2.75, 3.05) is 0 Å². The van der Waals surface area contributed by atoms with E-state index in [1.165, 1.54) is 0 Å². The molecule has 0 saturated heterocycles. The molecular weight excluding hydrogens is 438 g/mol. The van der Waals surface area contributed by atoms with E-state index in [0.717, 1.165) is 52.4 Å².